The van der Waals surface area contributed by atoms with Gasteiger partial charge in [-0.25, -0.2) is 0 Å². The van der Waals surface area contributed by atoms with Gasteiger partial charge in [0.15, 0.2) is 11.5 Å². The second-order valence-corrected chi connectivity index (χ2v) is 6.28. The van der Waals surface area contributed by atoms with E-state index in [0.717, 1.165) is 45.0 Å². The van der Waals surface area contributed by atoms with Gasteiger partial charge in [0.05, 0.1) is 13.5 Å². The molecule has 3 aromatic rings. The van der Waals surface area contributed by atoms with E-state index >= 15 is 0 Å². The highest BCUT2D eigenvalue weighted by molar-refractivity contribution is 5.91. The first-order valence-electron chi connectivity index (χ1n) is 8.44. The van der Waals surface area contributed by atoms with Gasteiger partial charge in [0, 0.05) is 23.1 Å². The fourth-order valence-corrected chi connectivity index (χ4v) is 3.19. The van der Waals surface area contributed by atoms with Crippen LogP contribution in [0.5, 0.6) is 17.2 Å². The Bertz CT molecular complexity index is 977. The van der Waals surface area contributed by atoms with E-state index in [1.54, 1.807) is 7.11 Å². The largest absolute Gasteiger partial charge is 0.497 e. The summed E-state index contributed by atoms with van der Waals surface area (Å²) in [6.45, 7) is 2.67. The van der Waals surface area contributed by atoms with Crippen LogP contribution >= 0.6 is 0 Å². The molecule has 0 unspecified atom stereocenters. The number of ether oxygens (including phenoxy) is 3. The molecule has 6 nitrogen and oxygen atoms in total. The van der Waals surface area contributed by atoms with Crippen LogP contribution in [0.1, 0.15) is 16.8 Å². The molecular formula is C20H20N2O4. The summed E-state index contributed by atoms with van der Waals surface area (Å²) >= 11 is 0. The Morgan fingerprint density at radius 2 is 2.04 bits per heavy atom. The molecule has 0 bridgehead atoms. The Labute approximate surface area is 151 Å². The van der Waals surface area contributed by atoms with Crippen molar-refractivity contribution in [3.05, 3.63) is 53.2 Å². The molecule has 1 aliphatic rings. The lowest BCUT2D eigenvalue weighted by Crippen LogP contribution is -2.24. The number of carbonyl (C=O) groups excluding carboxylic acids is 1. The lowest BCUT2D eigenvalue weighted by molar-refractivity contribution is -0.120. The van der Waals surface area contributed by atoms with Crippen LogP contribution in [0.25, 0.3) is 10.9 Å². The van der Waals surface area contributed by atoms with Gasteiger partial charge in [0.25, 0.3) is 0 Å². The predicted octanol–water partition coefficient (Wildman–Crippen LogP) is 3.07. The maximum absolute atomic E-state index is 12.5. The van der Waals surface area contributed by atoms with Crippen LogP contribution in [0.2, 0.25) is 0 Å². The summed E-state index contributed by atoms with van der Waals surface area (Å²) in [6.07, 6.45) is 0.309. The monoisotopic (exact) mass is 352 g/mol. The minimum absolute atomic E-state index is 0.0329. The first-order valence-corrected chi connectivity index (χ1v) is 8.44. The van der Waals surface area contributed by atoms with Gasteiger partial charge in [-0.15, -0.1) is 0 Å². The Morgan fingerprint density at radius 1 is 1.19 bits per heavy atom. The number of aromatic amines is 1. The first-order chi connectivity index (χ1) is 12.6. The molecule has 2 aromatic carbocycles. The van der Waals surface area contributed by atoms with E-state index < -0.39 is 0 Å². The van der Waals surface area contributed by atoms with Gasteiger partial charge in [-0.2, -0.15) is 0 Å². The molecule has 0 aliphatic carbocycles. The van der Waals surface area contributed by atoms with Crippen molar-refractivity contribution in [1.29, 1.82) is 0 Å². The van der Waals surface area contributed by atoms with Crippen LogP contribution in [0.4, 0.5) is 0 Å². The average Bonchev–Trinajstić information content (AvgIpc) is 3.23. The summed E-state index contributed by atoms with van der Waals surface area (Å²) in [5.41, 5.74) is 3.95. The predicted molar refractivity (Wildman–Crippen MR) is 97.7 cm³/mol. The molecule has 26 heavy (non-hydrogen) atoms. The fraction of sp³-hybridized carbons (Fsp3) is 0.250. The fourth-order valence-electron chi connectivity index (χ4n) is 3.19. The van der Waals surface area contributed by atoms with Crippen molar-refractivity contribution in [3.63, 3.8) is 0 Å². The van der Waals surface area contributed by atoms with Crippen molar-refractivity contribution >= 4 is 16.8 Å². The molecule has 134 valence electrons. The molecule has 1 amide bonds. The molecule has 1 aliphatic heterocycles. The summed E-state index contributed by atoms with van der Waals surface area (Å²) in [6, 6.07) is 11.5. The van der Waals surface area contributed by atoms with E-state index in [9.17, 15) is 4.79 Å². The summed E-state index contributed by atoms with van der Waals surface area (Å²) in [4.78, 5) is 15.8. The number of methoxy groups -OCH3 is 1. The number of amides is 1. The van der Waals surface area contributed by atoms with Gasteiger partial charge < -0.3 is 24.5 Å². The number of carbonyl (C=O) groups is 1. The van der Waals surface area contributed by atoms with Gasteiger partial charge in [-0.1, -0.05) is 6.07 Å². The van der Waals surface area contributed by atoms with Crippen molar-refractivity contribution < 1.29 is 19.0 Å². The zero-order chi connectivity index (χ0) is 18.1. The number of benzene rings is 2. The summed E-state index contributed by atoms with van der Waals surface area (Å²) in [5.74, 6) is 2.20. The maximum atomic E-state index is 12.5. The Kier molecular flexibility index (Phi) is 4.16. The van der Waals surface area contributed by atoms with Crippen LogP contribution in [0.15, 0.2) is 36.4 Å². The minimum Gasteiger partial charge on any atom is -0.497 e. The van der Waals surface area contributed by atoms with Crippen molar-refractivity contribution in [1.82, 2.24) is 10.3 Å². The molecule has 2 N–H and O–H groups in total. The van der Waals surface area contributed by atoms with Gasteiger partial charge in [0.2, 0.25) is 12.7 Å². The summed E-state index contributed by atoms with van der Waals surface area (Å²) < 4.78 is 16.0. The van der Waals surface area contributed by atoms with E-state index in [2.05, 4.69) is 10.3 Å². The van der Waals surface area contributed by atoms with Gasteiger partial charge in [-0.3, -0.25) is 4.79 Å². The Balaban J connectivity index is 1.46. The van der Waals surface area contributed by atoms with Crippen molar-refractivity contribution in [2.45, 2.75) is 19.9 Å². The van der Waals surface area contributed by atoms with E-state index in [1.807, 2.05) is 43.3 Å². The van der Waals surface area contributed by atoms with Crippen molar-refractivity contribution in [2.24, 2.45) is 0 Å². The quantitative estimate of drug-likeness (QED) is 0.740. The van der Waals surface area contributed by atoms with Gasteiger partial charge in [-0.05, 0) is 48.4 Å². The zero-order valence-corrected chi connectivity index (χ0v) is 14.7. The lowest BCUT2D eigenvalue weighted by atomic mass is 10.1. The highest BCUT2D eigenvalue weighted by Crippen LogP contribution is 2.32. The Hall–Kier alpha value is -3.15. The normalized spacial score (nSPS) is 12.4. The number of nitrogens with one attached hydrogen (secondary N) is 2. The second kappa shape index (κ2) is 6.63. The third kappa shape index (κ3) is 3.06. The zero-order valence-electron chi connectivity index (χ0n) is 14.7. The van der Waals surface area contributed by atoms with Gasteiger partial charge in [0.1, 0.15) is 5.75 Å². The third-order valence-corrected chi connectivity index (χ3v) is 4.59. The SMILES string of the molecule is COc1ccc2[nH]c(C)c(CC(=O)NCc3ccc4c(c3)OCO4)c2c1. The smallest absolute Gasteiger partial charge is 0.231 e. The average molecular weight is 352 g/mol. The van der Waals surface area contributed by atoms with Crippen LogP contribution in [-0.2, 0) is 17.8 Å². The van der Waals surface area contributed by atoms with Crippen LogP contribution in [-0.4, -0.2) is 24.8 Å². The van der Waals surface area contributed by atoms with Crippen molar-refractivity contribution in [2.75, 3.05) is 13.9 Å². The topological polar surface area (TPSA) is 72.6 Å². The number of hydrogen-bond acceptors (Lipinski definition) is 4. The minimum atomic E-state index is -0.0329. The molecule has 6 heteroatoms. The highest BCUT2D eigenvalue weighted by Gasteiger charge is 2.15. The van der Waals surface area contributed by atoms with E-state index in [-0.39, 0.29) is 12.7 Å². The number of hydrogen-bond donors (Lipinski definition) is 2. The molecule has 1 aromatic heterocycles. The molecule has 0 atom stereocenters. The number of aromatic nitrogens is 1. The second-order valence-electron chi connectivity index (χ2n) is 6.28. The van der Waals surface area contributed by atoms with E-state index in [4.69, 9.17) is 14.2 Å². The molecule has 0 spiro atoms. The maximum Gasteiger partial charge on any atom is 0.231 e. The number of H-pyrrole nitrogens is 1. The van der Waals surface area contributed by atoms with Crippen LogP contribution in [0.3, 0.4) is 0 Å². The number of rotatable bonds is 5. The number of aryl methyl sites for hydroxylation is 1. The summed E-state index contributed by atoms with van der Waals surface area (Å²) in [5, 5.41) is 3.98. The lowest BCUT2D eigenvalue weighted by Gasteiger charge is -2.07. The molecule has 0 fully saturated rings. The molecule has 4 rings (SSSR count). The van der Waals surface area contributed by atoms with E-state index in [1.165, 1.54) is 0 Å². The third-order valence-electron chi connectivity index (χ3n) is 4.59. The molecule has 0 saturated carbocycles. The molecule has 2 heterocycles. The van der Waals surface area contributed by atoms with Crippen molar-refractivity contribution in [3.8, 4) is 17.2 Å². The number of fused-ring (bicyclic) bond motifs is 2. The van der Waals surface area contributed by atoms with Crippen LogP contribution < -0.4 is 19.5 Å². The highest BCUT2D eigenvalue weighted by atomic mass is 16.7. The Morgan fingerprint density at radius 3 is 2.88 bits per heavy atom. The molecule has 0 saturated heterocycles. The summed E-state index contributed by atoms with van der Waals surface area (Å²) in [7, 11) is 1.64. The first kappa shape index (κ1) is 16.3. The standard InChI is InChI=1S/C20H20N2O4/c1-12-15(16-8-14(24-2)4-5-17(16)22-12)9-20(23)21-10-13-3-6-18-19(7-13)26-11-25-18/h3-8,22H,9-11H2,1-2H3,(H,21,23). The molecular weight excluding hydrogens is 332 g/mol. The van der Waals surface area contributed by atoms with Crippen LogP contribution in [0, 0.1) is 6.92 Å². The van der Waals surface area contributed by atoms with E-state index in [0.29, 0.717) is 13.0 Å². The van der Waals surface area contributed by atoms with Gasteiger partial charge >= 0.3 is 0 Å². The molecule has 0 radical (unpaired) electrons.